The first kappa shape index (κ1) is 20.1. The van der Waals surface area contributed by atoms with Crippen molar-refractivity contribution in [2.45, 2.75) is 12.8 Å². The molecule has 0 amide bonds. The lowest BCUT2D eigenvalue weighted by Gasteiger charge is -2.31. The normalized spacial score (nSPS) is 13.2. The number of carboxylic acid groups (broad SMARTS) is 1. The van der Waals surface area contributed by atoms with Gasteiger partial charge < -0.3 is 15.0 Å². The van der Waals surface area contributed by atoms with Crippen molar-refractivity contribution in [3.8, 4) is 11.4 Å². The second kappa shape index (κ2) is 7.81. The number of benzene rings is 3. The van der Waals surface area contributed by atoms with Crippen LogP contribution >= 0.6 is 0 Å². The van der Waals surface area contributed by atoms with E-state index in [0.29, 0.717) is 28.1 Å². The van der Waals surface area contributed by atoms with Crippen LogP contribution in [0.1, 0.15) is 32.7 Å². The summed E-state index contributed by atoms with van der Waals surface area (Å²) < 4.78 is 0. The van der Waals surface area contributed by atoms with Gasteiger partial charge in [-0.2, -0.15) is 0 Å². The molecule has 5 aromatic rings. The number of rotatable bonds is 4. The molecule has 0 atom stereocenters. The van der Waals surface area contributed by atoms with Crippen molar-refractivity contribution >= 4 is 45.7 Å². The Hall–Kier alpha value is -4.52. The summed E-state index contributed by atoms with van der Waals surface area (Å²) in [5.41, 5.74) is 6.55. The highest BCUT2D eigenvalue weighted by Crippen LogP contribution is 2.39. The van der Waals surface area contributed by atoms with Gasteiger partial charge in [0, 0.05) is 28.7 Å². The molecule has 6 rings (SSSR count). The molecular formula is C27H20N4O3. The van der Waals surface area contributed by atoms with Gasteiger partial charge in [0.15, 0.2) is 5.82 Å². The van der Waals surface area contributed by atoms with Crippen LogP contribution in [0, 0.1) is 0 Å². The second-order valence-corrected chi connectivity index (χ2v) is 8.44. The van der Waals surface area contributed by atoms with Gasteiger partial charge in [0.25, 0.3) is 0 Å². The second-order valence-electron chi connectivity index (χ2n) is 8.44. The number of hydrogen-bond acceptors (Lipinski definition) is 5. The van der Waals surface area contributed by atoms with Crippen LogP contribution in [0.15, 0.2) is 66.7 Å². The molecule has 3 aromatic carbocycles. The van der Waals surface area contributed by atoms with Crippen molar-refractivity contribution in [2.75, 3.05) is 11.4 Å². The number of carboxylic acids is 1. The first-order valence-electron chi connectivity index (χ1n) is 11.1. The third-order valence-corrected chi connectivity index (χ3v) is 6.29. The number of H-pyrrole nitrogens is 1. The molecule has 2 aromatic heterocycles. The number of fused-ring (bicyclic) bond motifs is 3. The summed E-state index contributed by atoms with van der Waals surface area (Å²) in [6.45, 7) is 0.736. The summed E-state index contributed by atoms with van der Waals surface area (Å²) in [5.74, 6) is -0.351. The van der Waals surface area contributed by atoms with E-state index in [1.165, 1.54) is 0 Å². The van der Waals surface area contributed by atoms with Gasteiger partial charge in [-0.05, 0) is 66.9 Å². The van der Waals surface area contributed by atoms with Gasteiger partial charge in [-0.25, -0.2) is 14.8 Å². The van der Waals surface area contributed by atoms with Gasteiger partial charge in [0.2, 0.25) is 0 Å². The lowest BCUT2D eigenvalue weighted by atomic mass is 9.99. The zero-order valence-corrected chi connectivity index (χ0v) is 18.2. The van der Waals surface area contributed by atoms with Crippen molar-refractivity contribution < 1.29 is 14.7 Å². The van der Waals surface area contributed by atoms with Crippen LogP contribution in [0.4, 0.5) is 11.5 Å². The Labute approximate surface area is 194 Å². The standard InChI is InChI=1S/C27H20N4O3/c32-15-16-7-10-24-18(12-16)5-3-11-31(24)26-25(23-13-17-4-1-2-6-20(17)28-23)29-21-9-8-19(27(33)34)14-22(21)30-26/h1-2,4,6-10,12-15,28H,3,5,11H2,(H,33,34). The highest BCUT2D eigenvalue weighted by atomic mass is 16.4. The van der Waals surface area contributed by atoms with Crippen LogP contribution in [0.5, 0.6) is 0 Å². The molecule has 0 unspecified atom stereocenters. The Bertz CT molecular complexity index is 1570. The predicted molar refractivity (Wildman–Crippen MR) is 131 cm³/mol. The highest BCUT2D eigenvalue weighted by molar-refractivity contribution is 5.95. The lowest BCUT2D eigenvalue weighted by Crippen LogP contribution is -2.26. The molecule has 0 saturated heterocycles. The van der Waals surface area contributed by atoms with E-state index in [1.807, 2.05) is 42.5 Å². The molecule has 7 heteroatoms. The predicted octanol–water partition coefficient (Wildman–Crippen LogP) is 5.37. The lowest BCUT2D eigenvalue weighted by molar-refractivity contribution is 0.0697. The quantitative estimate of drug-likeness (QED) is 0.359. The van der Waals surface area contributed by atoms with Gasteiger partial charge >= 0.3 is 5.97 Å². The molecular weight excluding hydrogens is 428 g/mol. The summed E-state index contributed by atoms with van der Waals surface area (Å²) in [4.78, 5) is 38.3. The Morgan fingerprint density at radius 3 is 2.71 bits per heavy atom. The third kappa shape index (κ3) is 3.29. The Balaban J connectivity index is 1.60. The average molecular weight is 448 g/mol. The molecule has 34 heavy (non-hydrogen) atoms. The Morgan fingerprint density at radius 2 is 1.88 bits per heavy atom. The van der Waals surface area contributed by atoms with E-state index in [9.17, 15) is 14.7 Å². The number of hydrogen-bond donors (Lipinski definition) is 2. The van der Waals surface area contributed by atoms with E-state index >= 15 is 0 Å². The van der Waals surface area contributed by atoms with E-state index in [0.717, 1.165) is 53.5 Å². The fraction of sp³-hybridized carbons (Fsp3) is 0.111. The molecule has 1 aliphatic heterocycles. The molecule has 2 N–H and O–H groups in total. The van der Waals surface area contributed by atoms with Crippen LogP contribution in [0.25, 0.3) is 33.3 Å². The van der Waals surface area contributed by atoms with Crippen molar-refractivity contribution in [2.24, 2.45) is 0 Å². The molecule has 0 bridgehead atoms. The van der Waals surface area contributed by atoms with Crippen molar-refractivity contribution in [3.05, 3.63) is 83.4 Å². The van der Waals surface area contributed by atoms with Gasteiger partial charge in [0.05, 0.1) is 22.3 Å². The fourth-order valence-corrected chi connectivity index (χ4v) is 4.66. The van der Waals surface area contributed by atoms with E-state index in [2.05, 4.69) is 16.0 Å². The summed E-state index contributed by atoms with van der Waals surface area (Å²) in [6, 6.07) is 20.6. The average Bonchev–Trinajstić information content (AvgIpc) is 3.31. The number of aryl methyl sites for hydroxylation is 1. The van der Waals surface area contributed by atoms with Crippen molar-refractivity contribution in [3.63, 3.8) is 0 Å². The Morgan fingerprint density at radius 1 is 1.00 bits per heavy atom. The first-order valence-corrected chi connectivity index (χ1v) is 11.1. The largest absolute Gasteiger partial charge is 0.478 e. The maximum absolute atomic E-state index is 11.6. The minimum atomic E-state index is -1.00. The molecule has 1 aliphatic rings. The molecule has 0 radical (unpaired) electrons. The third-order valence-electron chi connectivity index (χ3n) is 6.29. The SMILES string of the molecule is O=Cc1ccc2c(c1)CCCN2c1nc2cc(C(=O)O)ccc2nc1-c1cc2ccccc2[nH]1. The zero-order chi connectivity index (χ0) is 23.2. The number of para-hydroxylation sites is 1. The van der Waals surface area contributed by atoms with E-state index < -0.39 is 5.97 Å². The topological polar surface area (TPSA) is 99.2 Å². The Kier molecular flexibility index (Phi) is 4.62. The van der Waals surface area contributed by atoms with Crippen LogP contribution in [-0.2, 0) is 6.42 Å². The number of aromatic carboxylic acids is 1. The molecule has 7 nitrogen and oxygen atoms in total. The molecule has 0 saturated carbocycles. The maximum atomic E-state index is 11.6. The van der Waals surface area contributed by atoms with Crippen LogP contribution in [0.3, 0.4) is 0 Å². The fourth-order valence-electron chi connectivity index (χ4n) is 4.66. The summed E-state index contributed by atoms with van der Waals surface area (Å²) in [5, 5.41) is 10.5. The number of carbonyl (C=O) groups excluding carboxylic acids is 1. The first-order chi connectivity index (χ1) is 16.6. The number of carbonyl (C=O) groups is 2. The number of nitrogens with zero attached hydrogens (tertiary/aromatic N) is 3. The molecule has 0 spiro atoms. The van der Waals surface area contributed by atoms with Gasteiger partial charge in [-0.1, -0.05) is 18.2 Å². The van der Waals surface area contributed by atoms with Crippen molar-refractivity contribution in [1.82, 2.24) is 15.0 Å². The maximum Gasteiger partial charge on any atom is 0.335 e. The van der Waals surface area contributed by atoms with Crippen LogP contribution in [0.2, 0.25) is 0 Å². The summed E-state index contributed by atoms with van der Waals surface area (Å²) >= 11 is 0. The number of aromatic nitrogens is 3. The minimum Gasteiger partial charge on any atom is -0.478 e. The van der Waals surface area contributed by atoms with Crippen LogP contribution < -0.4 is 4.90 Å². The van der Waals surface area contributed by atoms with Crippen molar-refractivity contribution in [1.29, 1.82) is 0 Å². The van der Waals surface area contributed by atoms with E-state index in [4.69, 9.17) is 9.97 Å². The van der Waals surface area contributed by atoms with Gasteiger partial charge in [-0.3, -0.25) is 4.79 Å². The number of aldehydes is 1. The summed E-state index contributed by atoms with van der Waals surface area (Å²) in [7, 11) is 0. The van der Waals surface area contributed by atoms with E-state index in [-0.39, 0.29) is 5.56 Å². The molecule has 0 aliphatic carbocycles. The smallest absolute Gasteiger partial charge is 0.335 e. The van der Waals surface area contributed by atoms with E-state index in [1.54, 1.807) is 18.2 Å². The van der Waals surface area contributed by atoms with Gasteiger partial charge in [0.1, 0.15) is 12.0 Å². The number of anilines is 2. The summed E-state index contributed by atoms with van der Waals surface area (Å²) in [6.07, 6.45) is 2.63. The monoisotopic (exact) mass is 448 g/mol. The molecule has 3 heterocycles. The van der Waals surface area contributed by atoms with Crippen LogP contribution in [-0.4, -0.2) is 38.9 Å². The minimum absolute atomic E-state index is 0.167. The molecule has 166 valence electrons. The van der Waals surface area contributed by atoms with Gasteiger partial charge in [-0.15, -0.1) is 0 Å². The highest BCUT2D eigenvalue weighted by Gasteiger charge is 2.25. The number of aromatic amines is 1. The zero-order valence-electron chi connectivity index (χ0n) is 18.2. The number of nitrogens with one attached hydrogen (secondary N) is 1. The molecule has 0 fully saturated rings.